The molecule has 34 heavy (non-hydrogen) atoms. The van der Waals surface area contributed by atoms with Crippen molar-refractivity contribution in [2.75, 3.05) is 38.0 Å². The van der Waals surface area contributed by atoms with Gasteiger partial charge in [0.25, 0.3) is 0 Å². The molecule has 0 saturated carbocycles. The van der Waals surface area contributed by atoms with Gasteiger partial charge < -0.3 is 9.84 Å². The van der Waals surface area contributed by atoms with Crippen molar-refractivity contribution in [1.82, 2.24) is 19.9 Å². The second kappa shape index (κ2) is 10.1. The first-order valence-corrected chi connectivity index (χ1v) is 11.1. The van der Waals surface area contributed by atoms with E-state index in [-0.39, 0.29) is 29.9 Å². The molecule has 1 fully saturated rings. The predicted molar refractivity (Wildman–Crippen MR) is 121 cm³/mol. The Morgan fingerprint density at radius 3 is 2.59 bits per heavy atom. The highest BCUT2D eigenvalue weighted by Crippen LogP contribution is 2.32. The third-order valence-electron chi connectivity index (χ3n) is 5.72. The third-order valence-corrected chi connectivity index (χ3v) is 6.05. The van der Waals surface area contributed by atoms with Gasteiger partial charge in [-0.2, -0.15) is 18.2 Å². The normalized spacial score (nSPS) is 16.4. The Hall–Kier alpha value is -2.95. The van der Waals surface area contributed by atoms with Crippen LogP contribution in [0, 0.1) is 0 Å². The highest BCUT2D eigenvalue weighted by atomic mass is 35.5. The van der Waals surface area contributed by atoms with E-state index in [1.807, 2.05) is 11.8 Å². The summed E-state index contributed by atoms with van der Waals surface area (Å²) in [5, 5.41) is 7.18. The van der Waals surface area contributed by atoms with Crippen molar-refractivity contribution in [3.63, 3.8) is 0 Å². The van der Waals surface area contributed by atoms with Gasteiger partial charge in [-0.1, -0.05) is 41.0 Å². The highest BCUT2D eigenvalue weighted by Gasteiger charge is 2.31. The minimum absolute atomic E-state index is 0.114. The van der Waals surface area contributed by atoms with Crippen LogP contribution in [0.3, 0.4) is 0 Å². The number of anilines is 1. The third kappa shape index (κ3) is 5.75. The maximum atomic E-state index is 13.0. The van der Waals surface area contributed by atoms with Gasteiger partial charge >= 0.3 is 6.18 Å². The van der Waals surface area contributed by atoms with Crippen LogP contribution in [-0.4, -0.2) is 58.6 Å². The van der Waals surface area contributed by atoms with E-state index in [2.05, 4.69) is 20.4 Å². The van der Waals surface area contributed by atoms with Gasteiger partial charge in [0, 0.05) is 31.7 Å². The standard InChI is InChI=1S/C23H23ClF3N5O2/c1-15(22-29-21(30-34-22)16-5-4-6-17(13-16)23(25,26)27)32-11-9-31(10-12-32)14-20(33)28-19-8-3-2-7-18(19)24/h2-8,13,15H,9-12,14H2,1H3,(H,28,33). The van der Waals surface area contributed by atoms with Gasteiger partial charge in [-0.05, 0) is 31.2 Å². The molecule has 1 N–H and O–H groups in total. The summed E-state index contributed by atoms with van der Waals surface area (Å²) < 4.78 is 44.3. The quantitative estimate of drug-likeness (QED) is 0.535. The van der Waals surface area contributed by atoms with Crippen molar-refractivity contribution in [3.8, 4) is 11.4 Å². The number of amides is 1. The van der Waals surface area contributed by atoms with Gasteiger partial charge in [0.1, 0.15) is 0 Å². The van der Waals surface area contributed by atoms with Crippen molar-refractivity contribution < 1.29 is 22.5 Å². The number of piperazine rings is 1. The summed E-state index contributed by atoms with van der Waals surface area (Å²) in [4.78, 5) is 20.9. The molecular formula is C23H23ClF3N5O2. The van der Waals surface area contributed by atoms with Crippen LogP contribution in [0.5, 0.6) is 0 Å². The summed E-state index contributed by atoms with van der Waals surface area (Å²) in [7, 11) is 0. The van der Waals surface area contributed by atoms with Gasteiger partial charge in [-0.15, -0.1) is 0 Å². The Balaban J connectivity index is 1.32. The number of nitrogens with one attached hydrogen (secondary N) is 1. The van der Waals surface area contributed by atoms with Crippen LogP contribution in [-0.2, 0) is 11.0 Å². The van der Waals surface area contributed by atoms with E-state index in [1.165, 1.54) is 12.1 Å². The molecule has 2 heterocycles. The van der Waals surface area contributed by atoms with Gasteiger partial charge in [-0.25, -0.2) is 0 Å². The molecule has 1 atom stereocenters. The zero-order chi connectivity index (χ0) is 24.3. The molecule has 4 rings (SSSR count). The van der Waals surface area contributed by atoms with Gasteiger partial charge in [0.2, 0.25) is 17.6 Å². The minimum Gasteiger partial charge on any atom is -0.337 e. The SMILES string of the molecule is CC(c1nc(-c2cccc(C(F)(F)F)c2)no1)N1CCN(CC(=O)Nc2ccccc2Cl)CC1. The molecule has 1 unspecified atom stereocenters. The molecule has 180 valence electrons. The number of nitrogens with zero attached hydrogens (tertiary/aromatic N) is 4. The number of rotatable bonds is 6. The van der Waals surface area contributed by atoms with Crippen LogP contribution in [0.2, 0.25) is 5.02 Å². The van der Waals surface area contributed by atoms with Gasteiger partial charge in [0.05, 0.1) is 28.9 Å². The number of halogens is 4. The summed E-state index contributed by atoms with van der Waals surface area (Å²) in [5.41, 5.74) is 0.0554. The second-order valence-corrected chi connectivity index (χ2v) is 8.46. The fraction of sp³-hybridized carbons (Fsp3) is 0.348. The van der Waals surface area contributed by atoms with Gasteiger partial charge in [-0.3, -0.25) is 14.6 Å². The lowest BCUT2D eigenvalue weighted by atomic mass is 10.1. The van der Waals surface area contributed by atoms with Crippen LogP contribution in [0.25, 0.3) is 11.4 Å². The average molecular weight is 494 g/mol. The van der Waals surface area contributed by atoms with Crippen molar-refractivity contribution in [2.24, 2.45) is 0 Å². The Bertz CT molecular complexity index is 1150. The van der Waals surface area contributed by atoms with E-state index in [0.29, 0.717) is 42.8 Å². The number of para-hydroxylation sites is 1. The lowest BCUT2D eigenvalue weighted by Crippen LogP contribution is -2.49. The predicted octanol–water partition coefficient (Wildman–Crippen LogP) is 4.73. The molecule has 1 aliphatic heterocycles. The number of benzene rings is 2. The number of aromatic nitrogens is 2. The number of carbonyl (C=O) groups excluding carboxylic acids is 1. The molecule has 1 aromatic heterocycles. The van der Waals surface area contributed by atoms with Crippen LogP contribution in [0.15, 0.2) is 53.1 Å². The van der Waals surface area contributed by atoms with Crippen LogP contribution < -0.4 is 5.32 Å². The first-order chi connectivity index (χ1) is 16.2. The van der Waals surface area contributed by atoms with E-state index >= 15 is 0 Å². The highest BCUT2D eigenvalue weighted by molar-refractivity contribution is 6.33. The molecule has 1 aliphatic rings. The fourth-order valence-corrected chi connectivity index (χ4v) is 3.96. The van der Waals surface area contributed by atoms with E-state index < -0.39 is 11.7 Å². The van der Waals surface area contributed by atoms with Crippen molar-refractivity contribution in [3.05, 3.63) is 65.0 Å². The molecule has 0 spiro atoms. The van der Waals surface area contributed by atoms with Crippen LogP contribution in [0.1, 0.15) is 24.4 Å². The molecule has 3 aromatic rings. The summed E-state index contributed by atoms with van der Waals surface area (Å²) in [5.74, 6) is 0.303. The average Bonchev–Trinajstić information content (AvgIpc) is 3.31. The Labute approximate surface area is 199 Å². The molecule has 0 bridgehead atoms. The molecule has 7 nitrogen and oxygen atoms in total. The largest absolute Gasteiger partial charge is 0.416 e. The van der Waals surface area contributed by atoms with E-state index in [4.69, 9.17) is 16.1 Å². The smallest absolute Gasteiger partial charge is 0.337 e. The number of carbonyl (C=O) groups is 1. The Morgan fingerprint density at radius 2 is 1.88 bits per heavy atom. The van der Waals surface area contributed by atoms with E-state index in [1.54, 1.807) is 24.3 Å². The van der Waals surface area contributed by atoms with E-state index in [9.17, 15) is 18.0 Å². The van der Waals surface area contributed by atoms with Gasteiger partial charge in [0.15, 0.2) is 0 Å². The zero-order valence-electron chi connectivity index (χ0n) is 18.3. The van der Waals surface area contributed by atoms with Crippen LogP contribution >= 0.6 is 11.6 Å². The van der Waals surface area contributed by atoms with E-state index in [0.717, 1.165) is 12.1 Å². The molecule has 11 heteroatoms. The molecule has 1 saturated heterocycles. The van der Waals surface area contributed by atoms with Crippen LogP contribution in [0.4, 0.5) is 18.9 Å². The Morgan fingerprint density at radius 1 is 1.15 bits per heavy atom. The second-order valence-electron chi connectivity index (χ2n) is 8.05. The number of hydrogen-bond acceptors (Lipinski definition) is 6. The first-order valence-electron chi connectivity index (χ1n) is 10.7. The lowest BCUT2D eigenvalue weighted by Gasteiger charge is -2.36. The zero-order valence-corrected chi connectivity index (χ0v) is 19.1. The Kier molecular flexibility index (Phi) is 7.20. The van der Waals surface area contributed by atoms with Crippen molar-refractivity contribution >= 4 is 23.2 Å². The summed E-state index contributed by atoms with van der Waals surface area (Å²) >= 11 is 6.09. The topological polar surface area (TPSA) is 74.5 Å². The van der Waals surface area contributed by atoms with Crippen molar-refractivity contribution in [2.45, 2.75) is 19.1 Å². The summed E-state index contributed by atoms with van der Waals surface area (Å²) in [6.45, 7) is 4.81. The lowest BCUT2D eigenvalue weighted by molar-refractivity contribution is -0.137. The summed E-state index contributed by atoms with van der Waals surface area (Å²) in [6, 6.07) is 11.7. The molecular weight excluding hydrogens is 471 g/mol. The molecule has 0 radical (unpaired) electrons. The molecule has 2 aromatic carbocycles. The molecule has 1 amide bonds. The summed E-state index contributed by atoms with van der Waals surface area (Å²) in [6.07, 6.45) is -4.44. The maximum Gasteiger partial charge on any atom is 0.416 e. The maximum absolute atomic E-state index is 13.0. The van der Waals surface area contributed by atoms with Crippen molar-refractivity contribution in [1.29, 1.82) is 0 Å². The molecule has 0 aliphatic carbocycles. The fourth-order valence-electron chi connectivity index (χ4n) is 3.78. The number of hydrogen-bond donors (Lipinski definition) is 1. The minimum atomic E-state index is -4.44. The number of alkyl halides is 3. The monoisotopic (exact) mass is 493 g/mol. The first kappa shape index (κ1) is 24.2.